The van der Waals surface area contributed by atoms with Crippen molar-refractivity contribution >= 4 is 17.2 Å². The van der Waals surface area contributed by atoms with Crippen LogP contribution in [0.1, 0.15) is 51.3 Å². The molecule has 1 aliphatic carbocycles. The van der Waals surface area contributed by atoms with Gasteiger partial charge in [0.05, 0.1) is 34.7 Å². The fourth-order valence-corrected chi connectivity index (χ4v) is 4.53. The number of thiophene rings is 1. The Kier molecular flexibility index (Phi) is 5.90. The molecule has 1 amide bonds. The molecule has 1 saturated carbocycles. The zero-order valence-electron chi connectivity index (χ0n) is 17.2. The maximum absolute atomic E-state index is 13.1. The number of hydrogen-bond acceptors (Lipinski definition) is 4. The molecule has 1 N–H and O–H groups in total. The van der Waals surface area contributed by atoms with E-state index in [-0.39, 0.29) is 17.9 Å². The van der Waals surface area contributed by atoms with Gasteiger partial charge in [-0.05, 0) is 56.6 Å². The molecule has 1 fully saturated rings. The van der Waals surface area contributed by atoms with Gasteiger partial charge in [0.1, 0.15) is 0 Å². The Morgan fingerprint density at radius 3 is 2.68 bits per heavy atom. The van der Waals surface area contributed by atoms with Gasteiger partial charge in [-0.3, -0.25) is 4.79 Å². The Bertz CT molecular complexity index is 1060. The summed E-state index contributed by atoms with van der Waals surface area (Å²) in [4.78, 5) is 16.2. The Hall–Kier alpha value is -2.65. The molecule has 3 aromatic rings. The van der Waals surface area contributed by atoms with Gasteiger partial charge in [-0.25, -0.2) is 4.68 Å². The lowest BCUT2D eigenvalue weighted by atomic mass is 10.1. The second-order valence-corrected chi connectivity index (χ2v) is 8.86. The van der Waals surface area contributed by atoms with Crippen LogP contribution in [-0.4, -0.2) is 41.2 Å². The van der Waals surface area contributed by atoms with Gasteiger partial charge in [-0.15, -0.1) is 11.3 Å². The Labute approximate surface area is 182 Å². The van der Waals surface area contributed by atoms with E-state index < -0.39 is 11.7 Å². The number of hydrogen-bond donors (Lipinski definition) is 1. The van der Waals surface area contributed by atoms with E-state index in [0.717, 1.165) is 29.9 Å². The predicted molar refractivity (Wildman–Crippen MR) is 114 cm³/mol. The Balaban J connectivity index is 1.59. The van der Waals surface area contributed by atoms with E-state index >= 15 is 0 Å². The maximum Gasteiger partial charge on any atom is 0.416 e. The summed E-state index contributed by atoms with van der Waals surface area (Å²) < 4.78 is 40.9. The van der Waals surface area contributed by atoms with Gasteiger partial charge in [0, 0.05) is 17.3 Å². The quantitative estimate of drug-likeness (QED) is 0.562. The molecule has 0 radical (unpaired) electrons. The third-order valence-corrected chi connectivity index (χ3v) is 6.36. The number of carbonyl (C=O) groups excluding carboxylic acids is 1. The van der Waals surface area contributed by atoms with Crippen molar-refractivity contribution < 1.29 is 18.0 Å². The first kappa shape index (κ1) is 21.6. The van der Waals surface area contributed by atoms with Crippen LogP contribution >= 0.6 is 11.3 Å². The lowest BCUT2D eigenvalue weighted by Gasteiger charge is -2.23. The first-order valence-electron chi connectivity index (χ1n) is 9.99. The topological polar surface area (TPSA) is 50.2 Å². The summed E-state index contributed by atoms with van der Waals surface area (Å²) in [6, 6.07) is 9.08. The second kappa shape index (κ2) is 8.47. The number of aromatic nitrogens is 2. The normalized spacial score (nSPS) is 15.3. The van der Waals surface area contributed by atoms with Crippen molar-refractivity contribution in [3.63, 3.8) is 0 Å². The number of alkyl halides is 3. The molecule has 1 aromatic carbocycles. The summed E-state index contributed by atoms with van der Waals surface area (Å²) in [6.45, 7) is 0.422. The van der Waals surface area contributed by atoms with Gasteiger partial charge >= 0.3 is 6.18 Å². The molecule has 1 unspecified atom stereocenters. The van der Waals surface area contributed by atoms with Gasteiger partial charge in [0.2, 0.25) is 0 Å². The number of nitrogens with zero attached hydrogens (tertiary/aromatic N) is 3. The second-order valence-electron chi connectivity index (χ2n) is 7.88. The average Bonchev–Trinajstić information content (AvgIpc) is 3.23. The number of rotatable bonds is 7. The smallest absolute Gasteiger partial charge is 0.350 e. The summed E-state index contributed by atoms with van der Waals surface area (Å²) in [5, 5.41) is 9.27. The summed E-state index contributed by atoms with van der Waals surface area (Å²) in [6.07, 6.45) is -1.20. The molecule has 164 valence electrons. The fourth-order valence-electron chi connectivity index (χ4n) is 3.61. The van der Waals surface area contributed by atoms with Crippen molar-refractivity contribution in [3.05, 3.63) is 69.7 Å². The minimum atomic E-state index is -4.44. The Morgan fingerprint density at radius 2 is 2.06 bits per heavy atom. The predicted octanol–water partition coefficient (Wildman–Crippen LogP) is 4.86. The highest BCUT2D eigenvalue weighted by molar-refractivity contribution is 7.10. The maximum atomic E-state index is 13.1. The van der Waals surface area contributed by atoms with E-state index in [4.69, 9.17) is 0 Å². The van der Waals surface area contributed by atoms with Crippen LogP contribution in [0, 0.1) is 0 Å². The number of likely N-dealkylation sites (N-methyl/N-ethyl adjacent to an activating group) is 1. The summed E-state index contributed by atoms with van der Waals surface area (Å²) in [7, 11) is 3.91. The molecule has 0 aliphatic heterocycles. The minimum absolute atomic E-state index is 0.0341. The number of benzene rings is 1. The molecular weight excluding hydrogens is 425 g/mol. The number of nitrogens with one attached hydrogen (secondary N) is 1. The van der Waals surface area contributed by atoms with E-state index in [1.165, 1.54) is 16.9 Å². The highest BCUT2D eigenvalue weighted by Gasteiger charge is 2.34. The minimum Gasteiger partial charge on any atom is -0.350 e. The first-order chi connectivity index (χ1) is 14.8. The largest absolute Gasteiger partial charge is 0.416 e. The molecular formula is C22H23F3N4OS. The van der Waals surface area contributed by atoms with Crippen molar-refractivity contribution in [1.29, 1.82) is 0 Å². The van der Waals surface area contributed by atoms with Crippen LogP contribution in [0.25, 0.3) is 5.69 Å². The molecule has 5 nitrogen and oxygen atoms in total. The van der Waals surface area contributed by atoms with Crippen LogP contribution < -0.4 is 5.32 Å². The van der Waals surface area contributed by atoms with Gasteiger partial charge in [0.15, 0.2) is 0 Å². The highest BCUT2D eigenvalue weighted by atomic mass is 32.1. The molecule has 9 heteroatoms. The third-order valence-electron chi connectivity index (χ3n) is 5.38. The molecule has 0 spiro atoms. The average molecular weight is 449 g/mol. The number of halogens is 3. The van der Waals surface area contributed by atoms with Gasteiger partial charge < -0.3 is 10.2 Å². The summed E-state index contributed by atoms with van der Waals surface area (Å²) in [5.74, 6) is -0.136. The summed E-state index contributed by atoms with van der Waals surface area (Å²) in [5.41, 5.74) is 0.663. The van der Waals surface area contributed by atoms with Crippen molar-refractivity contribution in [2.24, 2.45) is 0 Å². The third kappa shape index (κ3) is 4.67. The van der Waals surface area contributed by atoms with E-state index in [2.05, 4.69) is 10.4 Å². The number of carbonyl (C=O) groups is 1. The van der Waals surface area contributed by atoms with E-state index in [1.807, 2.05) is 36.5 Å². The van der Waals surface area contributed by atoms with Gasteiger partial charge in [-0.1, -0.05) is 12.1 Å². The van der Waals surface area contributed by atoms with Crippen molar-refractivity contribution in [2.45, 2.75) is 31.0 Å². The lowest BCUT2D eigenvalue weighted by Crippen LogP contribution is -2.34. The fraction of sp³-hybridized carbons (Fsp3) is 0.364. The standard InChI is InChI=1S/C22H23F3N4OS/c1-28(2)18(19-7-4-10-31-19)13-26-21(30)17-12-27-29(20(17)14-8-9-14)16-6-3-5-15(11-16)22(23,24)25/h3-7,10-12,14,18H,8-9,13H2,1-2H3,(H,26,30). The monoisotopic (exact) mass is 448 g/mol. The van der Waals surface area contributed by atoms with Crippen LogP contribution in [0.5, 0.6) is 0 Å². The van der Waals surface area contributed by atoms with Crippen molar-refractivity contribution in [1.82, 2.24) is 20.0 Å². The van der Waals surface area contributed by atoms with Gasteiger partial charge in [0.25, 0.3) is 5.91 Å². The van der Waals surface area contributed by atoms with E-state index in [1.54, 1.807) is 17.4 Å². The van der Waals surface area contributed by atoms with Gasteiger partial charge in [-0.2, -0.15) is 18.3 Å². The molecule has 2 aromatic heterocycles. The Morgan fingerprint density at radius 1 is 1.29 bits per heavy atom. The van der Waals surface area contributed by atoms with Crippen LogP contribution in [0.3, 0.4) is 0 Å². The molecule has 0 bridgehead atoms. The number of amides is 1. The molecule has 4 rings (SSSR count). The van der Waals surface area contributed by atoms with Crippen LogP contribution in [0.2, 0.25) is 0 Å². The van der Waals surface area contributed by atoms with Crippen LogP contribution in [-0.2, 0) is 6.18 Å². The van der Waals surface area contributed by atoms with Crippen LogP contribution in [0.4, 0.5) is 13.2 Å². The summed E-state index contributed by atoms with van der Waals surface area (Å²) >= 11 is 1.63. The lowest BCUT2D eigenvalue weighted by molar-refractivity contribution is -0.137. The molecule has 2 heterocycles. The molecule has 0 saturated heterocycles. The first-order valence-corrected chi connectivity index (χ1v) is 10.9. The van der Waals surface area contributed by atoms with Crippen molar-refractivity contribution in [2.75, 3.05) is 20.6 Å². The zero-order valence-corrected chi connectivity index (χ0v) is 18.0. The molecule has 31 heavy (non-hydrogen) atoms. The van der Waals surface area contributed by atoms with E-state index in [9.17, 15) is 18.0 Å². The zero-order chi connectivity index (χ0) is 22.2. The highest BCUT2D eigenvalue weighted by Crippen LogP contribution is 2.43. The molecule has 1 atom stereocenters. The van der Waals surface area contributed by atoms with E-state index in [0.29, 0.717) is 23.5 Å². The SMILES string of the molecule is CN(C)C(CNC(=O)c1cnn(-c2cccc(C(F)(F)F)c2)c1C1CC1)c1cccs1. The van der Waals surface area contributed by atoms with Crippen molar-refractivity contribution in [3.8, 4) is 5.69 Å². The van der Waals surface area contributed by atoms with Crippen LogP contribution in [0.15, 0.2) is 48.0 Å². The molecule has 1 aliphatic rings.